The van der Waals surface area contributed by atoms with Crippen molar-refractivity contribution in [3.63, 3.8) is 0 Å². The van der Waals surface area contributed by atoms with Gasteiger partial charge in [0, 0.05) is 13.5 Å². The number of aliphatic hydroxyl groups is 1. The Balaban J connectivity index is 2.07. The van der Waals surface area contributed by atoms with Gasteiger partial charge in [-0.05, 0) is 43.9 Å². The molecule has 2 rings (SSSR count). The molecule has 4 heteroatoms. The minimum atomic E-state index is -0.619. The molecule has 0 unspecified atom stereocenters. The molecule has 1 fully saturated rings. The van der Waals surface area contributed by atoms with Gasteiger partial charge in [0.25, 0.3) is 0 Å². The first-order valence-electron chi connectivity index (χ1n) is 7.53. The molecule has 3 nitrogen and oxygen atoms in total. The lowest BCUT2D eigenvalue weighted by Gasteiger charge is -2.41. The molecule has 1 aliphatic carbocycles. The molecule has 0 atom stereocenters. The summed E-state index contributed by atoms with van der Waals surface area (Å²) in [5, 5.41) is 15.9. The lowest BCUT2D eigenvalue weighted by atomic mass is 9.67. The van der Waals surface area contributed by atoms with E-state index in [1.807, 2.05) is 18.7 Å². The smallest absolute Gasteiger partial charge is 0.0848 e. The van der Waals surface area contributed by atoms with Gasteiger partial charge in [0.2, 0.25) is 0 Å². The summed E-state index contributed by atoms with van der Waals surface area (Å²) < 4.78 is 1.81. The molecule has 1 aliphatic rings. The second kappa shape index (κ2) is 5.34. The third kappa shape index (κ3) is 3.20. The molecule has 0 saturated heterocycles. The van der Waals surface area contributed by atoms with E-state index in [0.717, 1.165) is 37.1 Å². The van der Waals surface area contributed by atoms with Crippen molar-refractivity contribution in [1.29, 1.82) is 0 Å². The van der Waals surface area contributed by atoms with Gasteiger partial charge in [-0.15, -0.1) is 0 Å². The Kier molecular flexibility index (Phi) is 4.23. The fraction of sp³-hybridized carbons (Fsp3) is 0.812. The van der Waals surface area contributed by atoms with Crippen molar-refractivity contribution < 1.29 is 5.11 Å². The van der Waals surface area contributed by atoms with Gasteiger partial charge in [-0.25, -0.2) is 0 Å². The molecule has 0 amide bonds. The van der Waals surface area contributed by atoms with Gasteiger partial charge < -0.3 is 5.11 Å². The summed E-state index contributed by atoms with van der Waals surface area (Å²) in [7, 11) is 1.90. The molecule has 0 radical (unpaired) electrons. The van der Waals surface area contributed by atoms with E-state index in [4.69, 9.17) is 11.6 Å². The Morgan fingerprint density at radius 1 is 1.35 bits per heavy atom. The van der Waals surface area contributed by atoms with Crippen LogP contribution in [-0.2, 0) is 13.5 Å². The van der Waals surface area contributed by atoms with Crippen LogP contribution in [-0.4, -0.2) is 20.5 Å². The highest BCUT2D eigenvalue weighted by molar-refractivity contribution is 6.31. The van der Waals surface area contributed by atoms with Gasteiger partial charge in [0.1, 0.15) is 0 Å². The number of hydrogen-bond donors (Lipinski definition) is 1. The van der Waals surface area contributed by atoms with E-state index >= 15 is 0 Å². The standard InChI is InChI=1S/C16H27ClN2O/c1-11-14(17)13(19(5)18-11)10-16(20)8-6-12(7-9-16)15(2,3)4/h12,20H,6-10H2,1-5H3. The Morgan fingerprint density at radius 3 is 2.30 bits per heavy atom. The van der Waals surface area contributed by atoms with Crippen LogP contribution in [0.3, 0.4) is 0 Å². The van der Waals surface area contributed by atoms with Gasteiger partial charge in [-0.3, -0.25) is 4.68 Å². The van der Waals surface area contributed by atoms with Crippen LogP contribution in [0.15, 0.2) is 0 Å². The van der Waals surface area contributed by atoms with Crippen LogP contribution in [0.4, 0.5) is 0 Å². The van der Waals surface area contributed by atoms with Gasteiger partial charge in [0.05, 0.1) is 22.0 Å². The lowest BCUT2D eigenvalue weighted by Crippen LogP contribution is -2.39. The van der Waals surface area contributed by atoms with Crippen molar-refractivity contribution >= 4 is 11.6 Å². The van der Waals surface area contributed by atoms with Crippen LogP contribution < -0.4 is 0 Å². The summed E-state index contributed by atoms with van der Waals surface area (Å²) in [6.45, 7) is 8.79. The fourth-order valence-corrected chi connectivity index (χ4v) is 3.61. The number of halogens is 1. The quantitative estimate of drug-likeness (QED) is 0.899. The Bertz CT molecular complexity index is 479. The molecule has 114 valence electrons. The van der Waals surface area contributed by atoms with E-state index in [1.165, 1.54) is 0 Å². The Morgan fingerprint density at radius 2 is 1.90 bits per heavy atom. The van der Waals surface area contributed by atoms with Crippen molar-refractivity contribution in [2.45, 2.75) is 65.4 Å². The second-order valence-electron chi connectivity index (χ2n) is 7.51. The molecular formula is C16H27ClN2O. The first kappa shape index (κ1) is 15.8. The zero-order valence-electron chi connectivity index (χ0n) is 13.3. The largest absolute Gasteiger partial charge is 0.389 e. The zero-order chi connectivity index (χ0) is 15.1. The van der Waals surface area contributed by atoms with Gasteiger partial charge in [-0.1, -0.05) is 32.4 Å². The summed E-state index contributed by atoms with van der Waals surface area (Å²) in [6.07, 6.45) is 4.51. The topological polar surface area (TPSA) is 38.0 Å². The van der Waals surface area contributed by atoms with Crippen molar-refractivity contribution in [1.82, 2.24) is 9.78 Å². The maximum atomic E-state index is 10.9. The van der Waals surface area contributed by atoms with Crippen LogP contribution in [0.25, 0.3) is 0 Å². The third-order valence-electron chi connectivity index (χ3n) is 4.90. The first-order valence-corrected chi connectivity index (χ1v) is 7.90. The average molecular weight is 299 g/mol. The van der Waals surface area contributed by atoms with Crippen molar-refractivity contribution in [3.05, 3.63) is 16.4 Å². The molecule has 0 spiro atoms. The van der Waals surface area contributed by atoms with E-state index in [9.17, 15) is 5.11 Å². The molecule has 1 N–H and O–H groups in total. The predicted octanol–water partition coefficient (Wildman–Crippen LogP) is 3.89. The molecular weight excluding hydrogens is 272 g/mol. The van der Waals surface area contributed by atoms with Gasteiger partial charge in [-0.2, -0.15) is 5.10 Å². The SMILES string of the molecule is Cc1nn(C)c(CC2(O)CCC(C(C)(C)C)CC2)c1Cl. The monoisotopic (exact) mass is 298 g/mol. The average Bonchev–Trinajstić information content (AvgIpc) is 2.55. The molecule has 1 heterocycles. The second-order valence-corrected chi connectivity index (χ2v) is 7.89. The van der Waals surface area contributed by atoms with Crippen LogP contribution in [0.1, 0.15) is 57.8 Å². The molecule has 0 bridgehead atoms. The lowest BCUT2D eigenvalue weighted by molar-refractivity contribution is -0.0257. The van der Waals surface area contributed by atoms with E-state index in [-0.39, 0.29) is 0 Å². The number of aryl methyl sites for hydroxylation is 2. The minimum Gasteiger partial charge on any atom is -0.389 e. The number of aromatic nitrogens is 2. The highest BCUT2D eigenvalue weighted by Crippen LogP contribution is 2.43. The van der Waals surface area contributed by atoms with Crippen molar-refractivity contribution in [2.24, 2.45) is 18.4 Å². The molecule has 0 aromatic carbocycles. The van der Waals surface area contributed by atoms with E-state index in [2.05, 4.69) is 25.9 Å². The summed E-state index contributed by atoms with van der Waals surface area (Å²) in [4.78, 5) is 0. The van der Waals surface area contributed by atoms with Crippen LogP contribution in [0.2, 0.25) is 5.02 Å². The maximum absolute atomic E-state index is 10.9. The third-order valence-corrected chi connectivity index (χ3v) is 5.39. The number of nitrogens with zero attached hydrogens (tertiary/aromatic N) is 2. The predicted molar refractivity (Wildman–Crippen MR) is 83.0 cm³/mol. The molecule has 20 heavy (non-hydrogen) atoms. The van der Waals surface area contributed by atoms with E-state index in [1.54, 1.807) is 0 Å². The minimum absolute atomic E-state index is 0.335. The Labute approximate surface area is 127 Å². The maximum Gasteiger partial charge on any atom is 0.0848 e. The molecule has 0 aliphatic heterocycles. The summed E-state index contributed by atoms with van der Waals surface area (Å²) >= 11 is 6.30. The van der Waals surface area contributed by atoms with Crippen LogP contribution >= 0.6 is 11.6 Å². The van der Waals surface area contributed by atoms with E-state index in [0.29, 0.717) is 22.8 Å². The molecule has 1 aromatic rings. The highest BCUT2D eigenvalue weighted by atomic mass is 35.5. The normalized spacial score (nSPS) is 27.9. The summed E-state index contributed by atoms with van der Waals surface area (Å²) in [5.74, 6) is 0.700. The number of hydrogen-bond acceptors (Lipinski definition) is 2. The van der Waals surface area contributed by atoms with E-state index < -0.39 is 5.60 Å². The molecule has 1 aromatic heterocycles. The fourth-order valence-electron chi connectivity index (χ4n) is 3.38. The summed E-state index contributed by atoms with van der Waals surface area (Å²) in [6, 6.07) is 0. The van der Waals surface area contributed by atoms with Crippen molar-refractivity contribution in [2.75, 3.05) is 0 Å². The van der Waals surface area contributed by atoms with Crippen LogP contribution in [0, 0.1) is 18.3 Å². The first-order chi connectivity index (χ1) is 9.12. The summed E-state index contributed by atoms with van der Waals surface area (Å²) in [5.41, 5.74) is 1.52. The highest BCUT2D eigenvalue weighted by Gasteiger charge is 2.38. The van der Waals surface area contributed by atoms with Crippen LogP contribution in [0.5, 0.6) is 0 Å². The van der Waals surface area contributed by atoms with Gasteiger partial charge >= 0.3 is 0 Å². The number of rotatable bonds is 2. The zero-order valence-corrected chi connectivity index (χ0v) is 14.1. The van der Waals surface area contributed by atoms with Crippen molar-refractivity contribution in [3.8, 4) is 0 Å². The van der Waals surface area contributed by atoms with Gasteiger partial charge in [0.15, 0.2) is 0 Å². The molecule has 1 saturated carbocycles. The Hall–Kier alpha value is -0.540.